The van der Waals surface area contributed by atoms with Crippen molar-refractivity contribution in [1.82, 2.24) is 4.90 Å². The van der Waals surface area contributed by atoms with Crippen LogP contribution in [0.1, 0.15) is 28.4 Å². The van der Waals surface area contributed by atoms with Crippen molar-refractivity contribution in [3.63, 3.8) is 0 Å². The van der Waals surface area contributed by atoms with Gasteiger partial charge < -0.3 is 10.1 Å². The topological polar surface area (TPSA) is 92.8 Å². The number of rotatable bonds is 6. The second kappa shape index (κ2) is 9.41. The van der Waals surface area contributed by atoms with Gasteiger partial charge in [-0.25, -0.2) is 4.79 Å². The minimum absolute atomic E-state index is 0.214. The van der Waals surface area contributed by atoms with E-state index in [-0.39, 0.29) is 11.4 Å². The predicted octanol–water partition coefficient (Wildman–Crippen LogP) is 3.71. The number of nitrogens with one attached hydrogen (secondary N) is 1. The standard InChI is InChI=1S/C22H20N2O5S/c1-3-14-6-10-17(11-7-14)23-19(25)13-24-20(26)18(30-22(24)28)12-15-4-8-16(9-5-15)21(27)29-2/h4-12H,3,13H2,1-2H3,(H,23,25)/b18-12+. The average molecular weight is 424 g/mol. The number of ether oxygens (including phenoxy) is 1. The van der Waals surface area contributed by atoms with Crippen LogP contribution in [0, 0.1) is 0 Å². The first-order valence-electron chi connectivity index (χ1n) is 9.23. The SMILES string of the molecule is CCc1ccc(NC(=O)CN2C(=O)S/C(=C/c3ccc(C(=O)OC)cc3)C2=O)cc1. The van der Waals surface area contributed by atoms with Gasteiger partial charge in [0, 0.05) is 5.69 Å². The molecule has 7 nitrogen and oxygen atoms in total. The van der Waals surface area contributed by atoms with E-state index < -0.39 is 23.0 Å². The molecule has 0 saturated carbocycles. The number of aryl methyl sites for hydroxylation is 1. The number of esters is 1. The third kappa shape index (κ3) is 4.96. The van der Waals surface area contributed by atoms with Gasteiger partial charge >= 0.3 is 5.97 Å². The Morgan fingerprint density at radius 3 is 2.33 bits per heavy atom. The molecule has 2 aromatic rings. The van der Waals surface area contributed by atoms with Gasteiger partial charge in [-0.1, -0.05) is 31.2 Å². The molecule has 1 saturated heterocycles. The zero-order chi connectivity index (χ0) is 21.7. The fourth-order valence-electron chi connectivity index (χ4n) is 2.79. The summed E-state index contributed by atoms with van der Waals surface area (Å²) >= 11 is 0.772. The maximum Gasteiger partial charge on any atom is 0.337 e. The zero-order valence-electron chi connectivity index (χ0n) is 16.5. The highest BCUT2D eigenvalue weighted by atomic mass is 32.2. The van der Waals surface area contributed by atoms with Crippen LogP contribution in [0.4, 0.5) is 10.5 Å². The lowest BCUT2D eigenvalue weighted by Gasteiger charge is -2.12. The molecule has 0 bridgehead atoms. The Balaban J connectivity index is 1.65. The highest BCUT2D eigenvalue weighted by molar-refractivity contribution is 8.18. The summed E-state index contributed by atoms with van der Waals surface area (Å²) in [5.74, 6) is -1.44. The van der Waals surface area contributed by atoms with E-state index in [1.54, 1.807) is 42.5 Å². The molecule has 30 heavy (non-hydrogen) atoms. The van der Waals surface area contributed by atoms with E-state index in [0.29, 0.717) is 16.8 Å². The third-order valence-corrected chi connectivity index (χ3v) is 5.36. The number of hydrogen-bond acceptors (Lipinski definition) is 6. The summed E-state index contributed by atoms with van der Waals surface area (Å²) < 4.78 is 4.64. The Hall–Kier alpha value is -3.39. The van der Waals surface area contributed by atoms with Gasteiger partial charge in [0.1, 0.15) is 6.54 Å². The Morgan fingerprint density at radius 1 is 1.07 bits per heavy atom. The van der Waals surface area contributed by atoms with Crippen LogP contribution in [0.25, 0.3) is 6.08 Å². The molecule has 0 aliphatic carbocycles. The molecule has 0 aromatic heterocycles. The first kappa shape index (κ1) is 21.3. The van der Waals surface area contributed by atoms with E-state index >= 15 is 0 Å². The first-order chi connectivity index (χ1) is 14.4. The molecular weight excluding hydrogens is 404 g/mol. The normalized spacial score (nSPS) is 14.9. The molecular formula is C22H20N2O5S. The maximum atomic E-state index is 12.6. The van der Waals surface area contributed by atoms with E-state index in [0.717, 1.165) is 28.6 Å². The van der Waals surface area contributed by atoms with Gasteiger partial charge in [0.2, 0.25) is 5.91 Å². The van der Waals surface area contributed by atoms with Gasteiger partial charge in [-0.05, 0) is 59.7 Å². The number of nitrogens with zero attached hydrogens (tertiary/aromatic N) is 1. The quantitative estimate of drug-likeness (QED) is 0.561. The lowest BCUT2D eigenvalue weighted by molar-refractivity contribution is -0.127. The molecule has 0 radical (unpaired) electrons. The molecule has 1 fully saturated rings. The third-order valence-electron chi connectivity index (χ3n) is 4.45. The van der Waals surface area contributed by atoms with Crippen LogP contribution < -0.4 is 5.32 Å². The Kier molecular flexibility index (Phi) is 6.68. The number of thioether (sulfide) groups is 1. The monoisotopic (exact) mass is 424 g/mol. The van der Waals surface area contributed by atoms with Crippen LogP contribution in [0.15, 0.2) is 53.4 Å². The van der Waals surface area contributed by atoms with Crippen LogP contribution >= 0.6 is 11.8 Å². The summed E-state index contributed by atoms with van der Waals surface area (Å²) in [6.45, 7) is 1.67. The maximum absolute atomic E-state index is 12.6. The van der Waals surface area contributed by atoms with Crippen molar-refractivity contribution in [3.8, 4) is 0 Å². The van der Waals surface area contributed by atoms with E-state index in [9.17, 15) is 19.2 Å². The van der Waals surface area contributed by atoms with Crippen molar-refractivity contribution in [2.75, 3.05) is 19.0 Å². The van der Waals surface area contributed by atoms with E-state index in [1.165, 1.54) is 7.11 Å². The summed E-state index contributed by atoms with van der Waals surface area (Å²) in [6.07, 6.45) is 2.44. The van der Waals surface area contributed by atoms with Gasteiger partial charge in [0.05, 0.1) is 17.6 Å². The predicted molar refractivity (Wildman–Crippen MR) is 115 cm³/mol. The van der Waals surface area contributed by atoms with Crippen LogP contribution in [0.5, 0.6) is 0 Å². The number of anilines is 1. The number of benzene rings is 2. The molecule has 1 aliphatic heterocycles. The zero-order valence-corrected chi connectivity index (χ0v) is 17.3. The molecule has 0 atom stereocenters. The number of carbonyl (C=O) groups excluding carboxylic acids is 4. The summed E-state index contributed by atoms with van der Waals surface area (Å²) in [5.41, 5.74) is 2.77. The van der Waals surface area contributed by atoms with Crippen molar-refractivity contribution in [2.45, 2.75) is 13.3 Å². The first-order valence-corrected chi connectivity index (χ1v) is 10.1. The van der Waals surface area contributed by atoms with Gasteiger partial charge in [-0.3, -0.25) is 19.3 Å². The minimum Gasteiger partial charge on any atom is -0.465 e. The van der Waals surface area contributed by atoms with Crippen molar-refractivity contribution < 1.29 is 23.9 Å². The highest BCUT2D eigenvalue weighted by Gasteiger charge is 2.36. The molecule has 154 valence electrons. The number of amides is 3. The number of imide groups is 1. The molecule has 1 aliphatic rings. The molecule has 3 amide bonds. The van der Waals surface area contributed by atoms with Crippen LogP contribution in [-0.2, 0) is 20.7 Å². The Bertz CT molecular complexity index is 1010. The van der Waals surface area contributed by atoms with Gasteiger partial charge in [0.15, 0.2) is 0 Å². The van der Waals surface area contributed by atoms with Gasteiger partial charge in [0.25, 0.3) is 11.1 Å². The van der Waals surface area contributed by atoms with E-state index in [2.05, 4.69) is 10.1 Å². The summed E-state index contributed by atoms with van der Waals surface area (Å²) in [5, 5.41) is 2.18. The Labute approximate surface area is 178 Å². The lowest BCUT2D eigenvalue weighted by Crippen LogP contribution is -2.36. The second-order valence-corrected chi connectivity index (χ2v) is 7.47. The lowest BCUT2D eigenvalue weighted by atomic mass is 10.1. The summed E-state index contributed by atoms with van der Waals surface area (Å²) in [4.78, 5) is 49.7. The highest BCUT2D eigenvalue weighted by Crippen LogP contribution is 2.32. The average Bonchev–Trinajstić information content (AvgIpc) is 3.01. The fraction of sp³-hybridized carbons (Fsp3) is 0.182. The molecule has 3 rings (SSSR count). The van der Waals surface area contributed by atoms with Gasteiger partial charge in [-0.15, -0.1) is 0 Å². The van der Waals surface area contributed by atoms with Crippen LogP contribution in [-0.4, -0.2) is 41.6 Å². The van der Waals surface area contributed by atoms with Crippen molar-refractivity contribution in [1.29, 1.82) is 0 Å². The summed E-state index contributed by atoms with van der Waals surface area (Å²) in [7, 11) is 1.29. The van der Waals surface area contributed by atoms with Crippen LogP contribution in [0.3, 0.4) is 0 Å². The molecule has 8 heteroatoms. The van der Waals surface area contributed by atoms with Crippen LogP contribution in [0.2, 0.25) is 0 Å². The molecule has 1 heterocycles. The minimum atomic E-state index is -0.529. The van der Waals surface area contributed by atoms with Crippen molar-refractivity contribution in [3.05, 3.63) is 70.1 Å². The van der Waals surface area contributed by atoms with Crippen molar-refractivity contribution >= 4 is 46.5 Å². The van der Waals surface area contributed by atoms with E-state index in [4.69, 9.17) is 0 Å². The van der Waals surface area contributed by atoms with Crippen molar-refractivity contribution in [2.24, 2.45) is 0 Å². The molecule has 0 spiro atoms. The summed E-state index contributed by atoms with van der Waals surface area (Å²) in [6, 6.07) is 13.8. The molecule has 2 aromatic carbocycles. The number of methoxy groups -OCH3 is 1. The smallest absolute Gasteiger partial charge is 0.337 e. The largest absolute Gasteiger partial charge is 0.465 e. The number of hydrogen-bond donors (Lipinski definition) is 1. The fourth-order valence-corrected chi connectivity index (χ4v) is 3.63. The van der Waals surface area contributed by atoms with E-state index in [1.807, 2.05) is 19.1 Å². The molecule has 1 N–H and O–H groups in total. The molecule has 0 unspecified atom stereocenters. The Morgan fingerprint density at radius 2 is 1.73 bits per heavy atom. The second-order valence-electron chi connectivity index (χ2n) is 6.48. The number of carbonyl (C=O) groups is 4. The van der Waals surface area contributed by atoms with Gasteiger partial charge in [-0.2, -0.15) is 0 Å².